The molecule has 1 aliphatic rings. The van der Waals surface area contributed by atoms with E-state index in [1.54, 1.807) is 0 Å². The molecule has 74 valence electrons. The summed E-state index contributed by atoms with van der Waals surface area (Å²) >= 11 is 0. The summed E-state index contributed by atoms with van der Waals surface area (Å²) in [5, 5.41) is 0. The van der Waals surface area contributed by atoms with Gasteiger partial charge in [-0.2, -0.15) is 0 Å². The molecule has 0 radical (unpaired) electrons. The molecule has 0 aromatic rings. The van der Waals surface area contributed by atoms with Crippen LogP contribution in [0.1, 0.15) is 39.5 Å². The van der Waals surface area contributed by atoms with E-state index in [0.29, 0.717) is 0 Å². The van der Waals surface area contributed by atoms with E-state index >= 15 is 0 Å². The smallest absolute Gasteiger partial charge is 0.0952 e. The summed E-state index contributed by atoms with van der Waals surface area (Å²) in [6, 6.07) is 2.98. The zero-order valence-corrected chi connectivity index (χ0v) is 10.1. The SMILES string of the molecule is CC=C[Si]1(C=CC)CCCCCC1. The Morgan fingerprint density at radius 2 is 1.23 bits per heavy atom. The van der Waals surface area contributed by atoms with Gasteiger partial charge in [0.15, 0.2) is 0 Å². The fourth-order valence-corrected chi connectivity index (χ4v) is 6.61. The van der Waals surface area contributed by atoms with Crippen LogP contribution >= 0.6 is 0 Å². The Hall–Kier alpha value is -0.303. The lowest BCUT2D eigenvalue weighted by Crippen LogP contribution is -2.28. The summed E-state index contributed by atoms with van der Waals surface area (Å²) in [6.45, 7) is 4.34. The molecular weight excluding hydrogens is 172 g/mol. The maximum atomic E-state index is 2.54. The van der Waals surface area contributed by atoms with Crippen LogP contribution in [0, 0.1) is 0 Å². The number of hydrogen-bond acceptors (Lipinski definition) is 0. The number of hydrogen-bond donors (Lipinski definition) is 0. The normalized spacial score (nSPS) is 23.8. The van der Waals surface area contributed by atoms with Crippen molar-refractivity contribution in [1.82, 2.24) is 0 Å². The van der Waals surface area contributed by atoms with E-state index in [0.717, 1.165) is 0 Å². The number of rotatable bonds is 2. The van der Waals surface area contributed by atoms with Crippen LogP contribution in [0.5, 0.6) is 0 Å². The third kappa shape index (κ3) is 3.15. The average molecular weight is 194 g/mol. The van der Waals surface area contributed by atoms with Crippen molar-refractivity contribution in [3.8, 4) is 0 Å². The van der Waals surface area contributed by atoms with Gasteiger partial charge in [0.2, 0.25) is 0 Å². The van der Waals surface area contributed by atoms with Crippen LogP contribution in [0.15, 0.2) is 23.6 Å². The van der Waals surface area contributed by atoms with Crippen LogP contribution in [0.2, 0.25) is 12.1 Å². The van der Waals surface area contributed by atoms with E-state index in [4.69, 9.17) is 0 Å². The highest BCUT2D eigenvalue weighted by Crippen LogP contribution is 2.29. The first-order chi connectivity index (χ1) is 6.33. The molecule has 0 spiro atoms. The Morgan fingerprint density at radius 3 is 1.62 bits per heavy atom. The molecule has 0 N–H and O–H groups in total. The van der Waals surface area contributed by atoms with Crippen LogP contribution in [0.4, 0.5) is 0 Å². The van der Waals surface area contributed by atoms with Crippen LogP contribution in [-0.4, -0.2) is 8.07 Å². The number of allylic oxidation sites excluding steroid dienone is 2. The molecule has 0 aromatic heterocycles. The van der Waals surface area contributed by atoms with Crippen LogP contribution in [-0.2, 0) is 0 Å². The van der Waals surface area contributed by atoms with Gasteiger partial charge in [0, 0.05) is 0 Å². The lowest BCUT2D eigenvalue weighted by Gasteiger charge is -2.22. The highest BCUT2D eigenvalue weighted by molar-refractivity contribution is 6.89. The molecule has 1 rings (SSSR count). The summed E-state index contributed by atoms with van der Waals surface area (Å²) in [7, 11) is -1.09. The minimum absolute atomic E-state index is 1.09. The third-order valence-electron chi connectivity index (χ3n) is 3.03. The van der Waals surface area contributed by atoms with Crippen molar-refractivity contribution in [3.05, 3.63) is 23.6 Å². The molecule has 1 fully saturated rings. The van der Waals surface area contributed by atoms with E-state index in [1.807, 2.05) is 0 Å². The van der Waals surface area contributed by atoms with E-state index in [1.165, 1.54) is 37.8 Å². The molecule has 0 nitrogen and oxygen atoms in total. The van der Waals surface area contributed by atoms with E-state index in [9.17, 15) is 0 Å². The Kier molecular flexibility index (Phi) is 4.50. The average Bonchev–Trinajstić information content (AvgIpc) is 2.32. The molecule has 0 bridgehead atoms. The minimum Gasteiger partial charge on any atom is -0.0952 e. The van der Waals surface area contributed by atoms with Gasteiger partial charge in [0.1, 0.15) is 8.07 Å². The minimum atomic E-state index is -1.09. The highest BCUT2D eigenvalue weighted by Gasteiger charge is 2.26. The molecular formula is C12H22Si. The van der Waals surface area contributed by atoms with Crippen molar-refractivity contribution in [1.29, 1.82) is 0 Å². The maximum Gasteiger partial charge on any atom is 0.101 e. The fraction of sp³-hybridized carbons (Fsp3) is 0.667. The summed E-state index contributed by atoms with van der Waals surface area (Å²) in [5.74, 6) is 0. The van der Waals surface area contributed by atoms with Gasteiger partial charge in [-0.1, -0.05) is 61.3 Å². The summed E-state index contributed by atoms with van der Waals surface area (Å²) in [6.07, 6.45) is 10.4. The van der Waals surface area contributed by atoms with Gasteiger partial charge in [-0.15, -0.1) is 0 Å². The Bertz CT molecular complexity index is 169. The predicted molar refractivity (Wildman–Crippen MR) is 63.5 cm³/mol. The van der Waals surface area contributed by atoms with Gasteiger partial charge in [-0.3, -0.25) is 0 Å². The summed E-state index contributed by atoms with van der Waals surface area (Å²) in [5.41, 5.74) is 5.08. The fourth-order valence-electron chi connectivity index (χ4n) is 2.44. The van der Waals surface area contributed by atoms with Crippen molar-refractivity contribution in [2.75, 3.05) is 0 Å². The third-order valence-corrected chi connectivity index (χ3v) is 7.59. The van der Waals surface area contributed by atoms with Gasteiger partial charge in [0.25, 0.3) is 0 Å². The molecule has 0 atom stereocenters. The zero-order valence-electron chi connectivity index (χ0n) is 9.05. The van der Waals surface area contributed by atoms with E-state index in [-0.39, 0.29) is 0 Å². The molecule has 0 aromatic carbocycles. The zero-order chi connectivity index (χ0) is 9.57. The summed E-state index contributed by atoms with van der Waals surface area (Å²) < 4.78 is 0. The molecule has 0 unspecified atom stereocenters. The van der Waals surface area contributed by atoms with Crippen LogP contribution in [0.25, 0.3) is 0 Å². The van der Waals surface area contributed by atoms with E-state index in [2.05, 4.69) is 37.4 Å². The first-order valence-corrected chi connectivity index (χ1v) is 8.17. The lowest BCUT2D eigenvalue weighted by atomic mass is 10.2. The van der Waals surface area contributed by atoms with Crippen LogP contribution < -0.4 is 0 Å². The molecule has 1 saturated heterocycles. The van der Waals surface area contributed by atoms with Gasteiger partial charge >= 0.3 is 0 Å². The topological polar surface area (TPSA) is 0 Å². The quantitative estimate of drug-likeness (QED) is 0.577. The predicted octanol–water partition coefficient (Wildman–Crippen LogP) is 4.24. The standard InChI is InChI=1S/C12H22Si/c1-3-9-13(10-4-2)11-7-5-6-8-12-13/h3-4,9-10H,5-8,11-12H2,1-2H3. The second kappa shape index (κ2) is 5.43. The Balaban J connectivity index is 2.73. The highest BCUT2D eigenvalue weighted by atomic mass is 28.3. The maximum absolute atomic E-state index is 2.54. The molecule has 0 saturated carbocycles. The van der Waals surface area contributed by atoms with Gasteiger partial charge in [0.05, 0.1) is 0 Å². The molecule has 13 heavy (non-hydrogen) atoms. The monoisotopic (exact) mass is 194 g/mol. The molecule has 0 amide bonds. The van der Waals surface area contributed by atoms with Crippen molar-refractivity contribution in [2.45, 2.75) is 51.6 Å². The van der Waals surface area contributed by atoms with E-state index < -0.39 is 8.07 Å². The van der Waals surface area contributed by atoms with Crippen LogP contribution in [0.3, 0.4) is 0 Å². The first-order valence-electron chi connectivity index (χ1n) is 5.61. The second-order valence-corrected chi connectivity index (χ2v) is 8.28. The second-order valence-electron chi connectivity index (χ2n) is 4.15. The van der Waals surface area contributed by atoms with Crippen molar-refractivity contribution >= 4 is 8.07 Å². The largest absolute Gasteiger partial charge is 0.101 e. The molecule has 0 aliphatic carbocycles. The Morgan fingerprint density at radius 1 is 0.769 bits per heavy atom. The van der Waals surface area contributed by atoms with Gasteiger partial charge in [-0.25, -0.2) is 0 Å². The van der Waals surface area contributed by atoms with Crippen molar-refractivity contribution in [3.63, 3.8) is 0 Å². The van der Waals surface area contributed by atoms with Gasteiger partial charge in [-0.05, 0) is 13.8 Å². The van der Waals surface area contributed by atoms with Crippen molar-refractivity contribution < 1.29 is 0 Å². The lowest BCUT2D eigenvalue weighted by molar-refractivity contribution is 0.720. The Labute approximate surface area is 83.7 Å². The first kappa shape index (κ1) is 10.8. The van der Waals surface area contributed by atoms with Crippen molar-refractivity contribution in [2.24, 2.45) is 0 Å². The molecule has 1 heterocycles. The van der Waals surface area contributed by atoms with Gasteiger partial charge < -0.3 is 0 Å². The molecule has 1 heteroatoms. The molecule has 1 aliphatic heterocycles. The summed E-state index contributed by atoms with van der Waals surface area (Å²) in [4.78, 5) is 0.